The van der Waals surface area contributed by atoms with Gasteiger partial charge in [-0.25, -0.2) is 4.39 Å². The van der Waals surface area contributed by atoms with Crippen LogP contribution in [0.4, 0.5) is 4.39 Å². The molecule has 1 saturated heterocycles. The Labute approximate surface area is 220 Å². The minimum atomic E-state index is -3.61. The Balaban J connectivity index is 0.00000137. The maximum absolute atomic E-state index is 14.2. The Kier molecular flexibility index (Phi) is 10.8. The smallest absolute Gasteiger partial charge is 0.264 e. The highest BCUT2D eigenvalue weighted by Crippen LogP contribution is 2.40. The van der Waals surface area contributed by atoms with Gasteiger partial charge in [0.05, 0.1) is 35.4 Å². The summed E-state index contributed by atoms with van der Waals surface area (Å²) in [5.41, 5.74) is 0.405. The largest absolute Gasteiger partial charge is 0.342 e. The summed E-state index contributed by atoms with van der Waals surface area (Å²) in [7, 11) is -3.61. The predicted molar refractivity (Wildman–Crippen MR) is 136 cm³/mol. The normalized spacial score (nSPS) is 17.8. The van der Waals surface area contributed by atoms with Crippen molar-refractivity contribution in [1.29, 1.82) is 5.26 Å². The molecule has 1 aliphatic rings. The molecule has 0 spiro atoms. The van der Waals surface area contributed by atoms with Gasteiger partial charge in [0, 0.05) is 36.0 Å². The highest BCUT2D eigenvalue weighted by molar-refractivity contribution is 7.85. The molecular weight excluding hydrogens is 538 g/mol. The van der Waals surface area contributed by atoms with E-state index >= 15 is 0 Å². The van der Waals surface area contributed by atoms with Crippen molar-refractivity contribution in [2.45, 2.75) is 38.0 Å². The lowest BCUT2D eigenvalue weighted by atomic mass is 9.72. The zero-order valence-corrected chi connectivity index (χ0v) is 22.4. The van der Waals surface area contributed by atoms with Crippen LogP contribution in [-0.4, -0.2) is 45.2 Å². The van der Waals surface area contributed by atoms with Crippen LogP contribution in [0.1, 0.15) is 37.3 Å². The van der Waals surface area contributed by atoms with Crippen molar-refractivity contribution in [3.63, 3.8) is 0 Å². The van der Waals surface area contributed by atoms with Gasteiger partial charge < -0.3 is 4.90 Å². The Morgan fingerprint density at radius 1 is 1.20 bits per heavy atom. The van der Waals surface area contributed by atoms with E-state index in [1.54, 1.807) is 29.2 Å². The molecule has 0 aliphatic carbocycles. The number of nitrogens with zero attached hydrogens (tertiary/aromatic N) is 2. The van der Waals surface area contributed by atoms with Gasteiger partial charge in [0.15, 0.2) is 0 Å². The van der Waals surface area contributed by atoms with Crippen molar-refractivity contribution in [2.24, 2.45) is 0 Å². The van der Waals surface area contributed by atoms with Crippen LogP contribution in [0.2, 0.25) is 15.1 Å². The number of piperidine rings is 1. The van der Waals surface area contributed by atoms with E-state index in [2.05, 4.69) is 0 Å². The van der Waals surface area contributed by atoms with Gasteiger partial charge >= 0.3 is 0 Å². The van der Waals surface area contributed by atoms with Crippen molar-refractivity contribution in [3.8, 4) is 6.07 Å². The third kappa shape index (κ3) is 8.33. The molecule has 1 atom stereocenters. The highest BCUT2D eigenvalue weighted by Gasteiger charge is 2.39. The molecule has 3 rings (SSSR count). The first-order valence-electron chi connectivity index (χ1n) is 10.7. The minimum Gasteiger partial charge on any atom is -0.342 e. The number of hydrogen-bond donors (Lipinski definition) is 0. The van der Waals surface area contributed by atoms with Crippen LogP contribution in [0.15, 0.2) is 36.4 Å². The monoisotopic (exact) mass is 562 g/mol. The molecule has 0 bridgehead atoms. The van der Waals surface area contributed by atoms with Crippen molar-refractivity contribution in [2.75, 3.05) is 26.0 Å². The van der Waals surface area contributed by atoms with Crippen LogP contribution >= 0.6 is 34.8 Å². The highest BCUT2D eigenvalue weighted by atomic mass is 35.5. The van der Waals surface area contributed by atoms with Crippen molar-refractivity contribution in [1.82, 2.24) is 4.90 Å². The average Bonchev–Trinajstić information content (AvgIpc) is 2.78. The SMILES string of the molecule is CC#N.CS(=O)(=O)OCC[C@]1(c2ccc(Cl)c(Cl)c2)CCCN(C(=O)Cc2c(F)cccc2Cl)C1. The van der Waals surface area contributed by atoms with Gasteiger partial charge in [-0.2, -0.15) is 13.7 Å². The number of carbonyl (C=O) groups is 1. The molecule has 2 aromatic rings. The number of nitriles is 1. The third-order valence-electron chi connectivity index (χ3n) is 5.73. The van der Waals surface area contributed by atoms with Crippen molar-refractivity contribution in [3.05, 3.63) is 68.4 Å². The van der Waals surface area contributed by atoms with Gasteiger partial charge in [0.2, 0.25) is 5.91 Å². The van der Waals surface area contributed by atoms with Crippen LogP contribution in [0.3, 0.4) is 0 Å². The first kappa shape index (κ1) is 29.3. The first-order valence-corrected chi connectivity index (χ1v) is 13.7. The van der Waals surface area contributed by atoms with E-state index in [4.69, 9.17) is 44.2 Å². The molecule has 1 amide bonds. The van der Waals surface area contributed by atoms with Crippen LogP contribution in [0, 0.1) is 17.1 Å². The fourth-order valence-electron chi connectivity index (χ4n) is 4.11. The molecule has 1 aliphatic heterocycles. The van der Waals surface area contributed by atoms with Crippen LogP contribution in [0.25, 0.3) is 0 Å². The van der Waals surface area contributed by atoms with E-state index in [0.717, 1.165) is 11.8 Å². The van der Waals surface area contributed by atoms with E-state index in [1.807, 2.05) is 6.07 Å². The fourth-order valence-corrected chi connectivity index (χ4v) is 5.02. The first-order chi connectivity index (χ1) is 16.4. The van der Waals surface area contributed by atoms with Gasteiger partial charge in [0.1, 0.15) is 5.82 Å². The summed E-state index contributed by atoms with van der Waals surface area (Å²) in [4.78, 5) is 14.7. The summed E-state index contributed by atoms with van der Waals surface area (Å²) in [5, 5.41) is 8.29. The molecule has 0 radical (unpaired) electrons. The van der Waals surface area contributed by atoms with Gasteiger partial charge in [0.25, 0.3) is 10.1 Å². The lowest BCUT2D eigenvalue weighted by molar-refractivity contribution is -0.133. The van der Waals surface area contributed by atoms with Gasteiger partial charge in [-0.05, 0) is 49.1 Å². The Bertz CT molecular complexity index is 1180. The summed E-state index contributed by atoms with van der Waals surface area (Å²) >= 11 is 18.4. The molecular formula is C24H26Cl3FN2O4S. The summed E-state index contributed by atoms with van der Waals surface area (Å²) in [5.74, 6) is -0.787. The number of rotatable bonds is 7. The molecule has 0 unspecified atom stereocenters. The third-order valence-corrected chi connectivity index (χ3v) is 7.42. The Hall–Kier alpha value is -1.89. The summed E-state index contributed by atoms with van der Waals surface area (Å²) < 4.78 is 42.2. The molecule has 190 valence electrons. The van der Waals surface area contributed by atoms with Crippen molar-refractivity contribution < 1.29 is 21.8 Å². The molecule has 1 heterocycles. The molecule has 2 aromatic carbocycles. The van der Waals surface area contributed by atoms with Crippen molar-refractivity contribution >= 4 is 50.8 Å². The van der Waals surface area contributed by atoms with Crippen LogP contribution in [0.5, 0.6) is 0 Å². The molecule has 0 saturated carbocycles. The van der Waals surface area contributed by atoms with E-state index in [0.29, 0.717) is 42.4 Å². The minimum absolute atomic E-state index is 0.0414. The zero-order chi connectivity index (χ0) is 26.2. The number of benzene rings is 2. The second kappa shape index (κ2) is 12.9. The molecule has 35 heavy (non-hydrogen) atoms. The number of halogens is 4. The number of hydrogen-bond acceptors (Lipinski definition) is 5. The molecule has 6 nitrogen and oxygen atoms in total. The Morgan fingerprint density at radius 3 is 2.49 bits per heavy atom. The zero-order valence-electron chi connectivity index (χ0n) is 19.4. The summed E-state index contributed by atoms with van der Waals surface area (Å²) in [6.45, 7) is 2.20. The van der Waals surface area contributed by atoms with Gasteiger partial charge in [-0.15, -0.1) is 0 Å². The number of carbonyl (C=O) groups excluding carboxylic acids is 1. The second-order valence-electron chi connectivity index (χ2n) is 8.20. The quantitative estimate of drug-likeness (QED) is 0.398. The predicted octanol–water partition coefficient (Wildman–Crippen LogP) is 5.78. The van der Waals surface area contributed by atoms with Gasteiger partial charge in [-0.1, -0.05) is 46.9 Å². The van der Waals surface area contributed by atoms with E-state index < -0.39 is 21.4 Å². The Morgan fingerprint density at radius 2 is 1.89 bits per heavy atom. The lowest BCUT2D eigenvalue weighted by Gasteiger charge is -2.43. The number of likely N-dealkylation sites (tertiary alicyclic amines) is 1. The second-order valence-corrected chi connectivity index (χ2v) is 11.1. The van der Waals surface area contributed by atoms with Gasteiger partial charge in [-0.3, -0.25) is 8.98 Å². The fraction of sp³-hybridized carbons (Fsp3) is 0.417. The van der Waals surface area contributed by atoms with Crippen LogP contribution < -0.4 is 0 Å². The number of amides is 1. The summed E-state index contributed by atoms with van der Waals surface area (Å²) in [6, 6.07) is 11.3. The van der Waals surface area contributed by atoms with Crippen LogP contribution in [-0.2, 0) is 30.9 Å². The maximum Gasteiger partial charge on any atom is 0.264 e. The van der Waals surface area contributed by atoms with E-state index in [-0.39, 0.29) is 29.5 Å². The van der Waals surface area contributed by atoms with E-state index in [9.17, 15) is 17.6 Å². The topological polar surface area (TPSA) is 87.5 Å². The van der Waals surface area contributed by atoms with E-state index in [1.165, 1.54) is 19.1 Å². The molecule has 11 heteroatoms. The maximum atomic E-state index is 14.2. The summed E-state index contributed by atoms with van der Waals surface area (Å²) in [6.07, 6.45) is 2.55. The molecule has 0 N–H and O–H groups in total. The average molecular weight is 564 g/mol. The lowest BCUT2D eigenvalue weighted by Crippen LogP contribution is -2.49. The molecule has 0 aromatic heterocycles. The standard InChI is InChI=1S/C22H23Cl3FNO4S.C2H3N/c1-32(29,30)31-11-9-22(15-6-7-18(24)19(25)12-15)8-3-10-27(14-22)21(28)13-16-17(23)4-2-5-20(16)26;1-2-3/h2,4-7,12H,3,8-11,13-14H2,1H3;1H3/t22-;/m1./s1. The molecule has 1 fully saturated rings.